The molecule has 2 aromatic heterocycles. The maximum Gasteiger partial charge on any atom is 0.263 e. The van der Waals surface area contributed by atoms with E-state index in [0.29, 0.717) is 30.1 Å². The quantitative estimate of drug-likeness (QED) is 0.652. The molecular formula is C22H20N4O3S. The van der Waals surface area contributed by atoms with Gasteiger partial charge in [-0.25, -0.2) is 4.98 Å². The minimum atomic E-state index is -0.299. The van der Waals surface area contributed by atoms with E-state index in [9.17, 15) is 9.59 Å². The highest BCUT2D eigenvalue weighted by atomic mass is 32.1. The first-order valence-corrected chi connectivity index (χ1v) is 10.5. The van der Waals surface area contributed by atoms with Crippen LogP contribution in [-0.2, 0) is 6.42 Å². The number of carbonyl (C=O) groups excluding carboxylic acids is 2. The van der Waals surface area contributed by atoms with Crippen molar-refractivity contribution >= 4 is 34.3 Å². The van der Waals surface area contributed by atoms with E-state index in [-0.39, 0.29) is 11.4 Å². The first kappa shape index (κ1) is 18.7. The van der Waals surface area contributed by atoms with E-state index >= 15 is 0 Å². The molecule has 0 spiro atoms. The Kier molecular flexibility index (Phi) is 4.32. The van der Waals surface area contributed by atoms with E-state index in [2.05, 4.69) is 15.2 Å². The van der Waals surface area contributed by atoms with Gasteiger partial charge in [0.2, 0.25) is 0 Å². The average molecular weight is 420 g/mol. The highest BCUT2D eigenvalue weighted by Gasteiger charge is 2.34. The van der Waals surface area contributed by atoms with Gasteiger partial charge in [0, 0.05) is 23.7 Å². The Morgan fingerprint density at radius 2 is 2.07 bits per heavy atom. The van der Waals surface area contributed by atoms with Gasteiger partial charge >= 0.3 is 0 Å². The third kappa shape index (κ3) is 3.23. The number of nitrogens with zero attached hydrogens (tertiary/aromatic N) is 3. The number of thiazole rings is 1. The van der Waals surface area contributed by atoms with Gasteiger partial charge in [0.15, 0.2) is 11.4 Å². The second-order valence-electron chi connectivity index (χ2n) is 8.06. The molecule has 0 aliphatic carbocycles. The molecule has 152 valence electrons. The Morgan fingerprint density at radius 3 is 2.83 bits per heavy atom. The number of hydrogen-bond donors (Lipinski definition) is 1. The molecule has 5 rings (SSSR count). The zero-order valence-corrected chi connectivity index (χ0v) is 17.5. The number of carbonyl (C=O) groups is 2. The molecule has 4 heterocycles. The number of hydrogen-bond acceptors (Lipinski definition) is 7. The molecule has 30 heavy (non-hydrogen) atoms. The number of anilines is 2. The summed E-state index contributed by atoms with van der Waals surface area (Å²) in [5.74, 6) is 0.717. The van der Waals surface area contributed by atoms with Gasteiger partial charge in [-0.1, -0.05) is 23.5 Å². The summed E-state index contributed by atoms with van der Waals surface area (Å²) in [4.78, 5) is 35.2. The number of benzene rings is 1. The van der Waals surface area contributed by atoms with Gasteiger partial charge in [0.05, 0.1) is 17.9 Å². The van der Waals surface area contributed by atoms with Crippen LogP contribution in [0.15, 0.2) is 36.5 Å². The van der Waals surface area contributed by atoms with Gasteiger partial charge in [0.1, 0.15) is 22.9 Å². The third-order valence-electron chi connectivity index (χ3n) is 5.25. The lowest BCUT2D eigenvalue weighted by Gasteiger charge is -2.29. The van der Waals surface area contributed by atoms with E-state index in [1.165, 1.54) is 11.3 Å². The van der Waals surface area contributed by atoms with Gasteiger partial charge in [-0.3, -0.25) is 14.6 Å². The van der Waals surface area contributed by atoms with Crippen LogP contribution < -0.4 is 15.0 Å². The molecule has 1 amide bonds. The number of ether oxygens (including phenoxy) is 1. The van der Waals surface area contributed by atoms with Crippen LogP contribution in [0.3, 0.4) is 0 Å². The van der Waals surface area contributed by atoms with Crippen LogP contribution in [-0.4, -0.2) is 40.9 Å². The maximum absolute atomic E-state index is 12.5. The van der Waals surface area contributed by atoms with Gasteiger partial charge < -0.3 is 15.0 Å². The number of pyridine rings is 1. The molecule has 0 saturated carbocycles. The van der Waals surface area contributed by atoms with Crippen molar-refractivity contribution in [2.45, 2.75) is 25.8 Å². The highest BCUT2D eigenvalue weighted by Crippen LogP contribution is 2.42. The first-order chi connectivity index (χ1) is 14.4. The van der Waals surface area contributed by atoms with Crippen LogP contribution in [0.2, 0.25) is 0 Å². The van der Waals surface area contributed by atoms with Crippen LogP contribution >= 0.6 is 11.3 Å². The molecule has 2 aliphatic heterocycles. The molecule has 0 bridgehead atoms. The summed E-state index contributed by atoms with van der Waals surface area (Å²) in [5, 5.41) is 3.84. The smallest absolute Gasteiger partial charge is 0.263 e. The predicted molar refractivity (Wildman–Crippen MR) is 115 cm³/mol. The summed E-state index contributed by atoms with van der Waals surface area (Å²) in [6, 6.07) is 9.53. The fourth-order valence-electron chi connectivity index (χ4n) is 3.82. The fourth-order valence-corrected chi connectivity index (χ4v) is 4.84. The van der Waals surface area contributed by atoms with Gasteiger partial charge in [-0.05, 0) is 37.6 Å². The van der Waals surface area contributed by atoms with Crippen molar-refractivity contribution in [1.29, 1.82) is 0 Å². The summed E-state index contributed by atoms with van der Waals surface area (Å²) < 4.78 is 5.85. The van der Waals surface area contributed by atoms with Crippen LogP contribution in [0, 0.1) is 0 Å². The molecule has 0 atom stereocenters. The molecular weight excluding hydrogens is 400 g/mol. The molecule has 0 unspecified atom stereocenters. The van der Waals surface area contributed by atoms with E-state index in [4.69, 9.17) is 9.72 Å². The minimum absolute atomic E-state index is 0.0615. The van der Waals surface area contributed by atoms with E-state index < -0.39 is 0 Å². The zero-order valence-electron chi connectivity index (χ0n) is 16.6. The molecule has 1 aromatic carbocycles. The Morgan fingerprint density at radius 1 is 1.23 bits per heavy atom. The van der Waals surface area contributed by atoms with Crippen molar-refractivity contribution in [2.75, 3.05) is 18.1 Å². The summed E-state index contributed by atoms with van der Waals surface area (Å²) >= 11 is 1.42. The minimum Gasteiger partial charge on any atom is -0.490 e. The summed E-state index contributed by atoms with van der Waals surface area (Å²) in [6.07, 6.45) is 3.12. The molecule has 0 fully saturated rings. The molecule has 2 aliphatic rings. The Bertz CT molecular complexity index is 1150. The fraction of sp³-hybridized carbons (Fsp3) is 0.273. The second-order valence-corrected chi connectivity index (χ2v) is 9.04. The van der Waals surface area contributed by atoms with Crippen LogP contribution in [0.4, 0.5) is 10.8 Å². The molecule has 3 aromatic rings. The van der Waals surface area contributed by atoms with E-state index in [1.54, 1.807) is 12.3 Å². The number of fused-ring (bicyclic) bond motifs is 2. The molecule has 1 N–H and O–H groups in total. The molecule has 7 nitrogen and oxygen atoms in total. The molecule has 0 saturated heterocycles. The standard InChI is InChI=1S/C22H20N4O3S/c1-22(2)10-16-19(20(28)25-22)30-21(24-16)26-7-8-29-18-6-4-13(9-17(18)26)14-3-5-15(12-27)23-11-14/h3-6,9,11-12H,7-8,10H2,1-2H3,(H,25,28). The Labute approximate surface area is 177 Å². The predicted octanol–water partition coefficient (Wildman–Crippen LogP) is 3.61. The monoisotopic (exact) mass is 420 g/mol. The van der Waals surface area contributed by atoms with Crippen LogP contribution in [0.5, 0.6) is 5.75 Å². The number of aromatic nitrogens is 2. The van der Waals surface area contributed by atoms with Crippen LogP contribution in [0.25, 0.3) is 11.1 Å². The number of nitrogens with one attached hydrogen (secondary N) is 1. The maximum atomic E-state index is 12.5. The Hall–Kier alpha value is -3.26. The largest absolute Gasteiger partial charge is 0.490 e. The van der Waals surface area contributed by atoms with E-state index in [0.717, 1.165) is 39.7 Å². The van der Waals surface area contributed by atoms with Crippen molar-refractivity contribution in [3.8, 4) is 16.9 Å². The van der Waals surface area contributed by atoms with E-state index in [1.807, 2.05) is 38.1 Å². The summed E-state index contributed by atoms with van der Waals surface area (Å²) in [5.41, 5.74) is 3.73. The van der Waals surface area contributed by atoms with Gasteiger partial charge in [-0.15, -0.1) is 0 Å². The highest BCUT2D eigenvalue weighted by molar-refractivity contribution is 7.17. The number of rotatable bonds is 3. The topological polar surface area (TPSA) is 84.4 Å². The lowest BCUT2D eigenvalue weighted by molar-refractivity contribution is 0.0900. The van der Waals surface area contributed by atoms with Gasteiger partial charge in [0.25, 0.3) is 5.91 Å². The van der Waals surface area contributed by atoms with Crippen molar-refractivity contribution in [1.82, 2.24) is 15.3 Å². The summed E-state index contributed by atoms with van der Waals surface area (Å²) in [6.45, 7) is 5.21. The lowest BCUT2D eigenvalue weighted by Crippen LogP contribution is -2.48. The summed E-state index contributed by atoms with van der Waals surface area (Å²) in [7, 11) is 0. The van der Waals surface area contributed by atoms with Crippen molar-refractivity contribution in [3.63, 3.8) is 0 Å². The Balaban J connectivity index is 1.54. The third-order valence-corrected chi connectivity index (χ3v) is 6.37. The first-order valence-electron chi connectivity index (χ1n) is 9.72. The van der Waals surface area contributed by atoms with Gasteiger partial charge in [-0.2, -0.15) is 0 Å². The van der Waals surface area contributed by atoms with Crippen molar-refractivity contribution in [3.05, 3.63) is 52.8 Å². The van der Waals surface area contributed by atoms with Crippen molar-refractivity contribution in [2.24, 2.45) is 0 Å². The average Bonchev–Trinajstić information content (AvgIpc) is 3.16. The molecule has 8 heteroatoms. The van der Waals surface area contributed by atoms with Crippen LogP contribution in [0.1, 0.15) is 39.7 Å². The molecule has 0 radical (unpaired) electrons. The zero-order chi connectivity index (χ0) is 20.9. The lowest BCUT2D eigenvalue weighted by atomic mass is 9.94. The number of aldehydes is 1. The normalized spacial score (nSPS) is 16.9. The number of amides is 1. The SMILES string of the molecule is CC1(C)Cc2nc(N3CCOc4ccc(-c5ccc(C=O)nc5)cc43)sc2C(=O)N1. The second kappa shape index (κ2) is 6.91. The van der Waals surface area contributed by atoms with Crippen molar-refractivity contribution < 1.29 is 14.3 Å².